The van der Waals surface area contributed by atoms with E-state index < -0.39 is 4.92 Å². The fourth-order valence-electron chi connectivity index (χ4n) is 2.33. The molecule has 0 unspecified atom stereocenters. The Morgan fingerprint density at radius 1 is 0.826 bits per heavy atom. The highest BCUT2D eigenvalue weighted by atomic mass is 16.6. The molecular formula is C19H15NO3. The van der Waals surface area contributed by atoms with Crippen LogP contribution in [0.5, 0.6) is 11.5 Å². The van der Waals surface area contributed by atoms with E-state index in [4.69, 9.17) is 4.74 Å². The van der Waals surface area contributed by atoms with Crippen LogP contribution in [0.15, 0.2) is 78.9 Å². The molecule has 3 aromatic rings. The molecule has 0 N–H and O–H groups in total. The minimum atomic E-state index is -0.423. The maximum absolute atomic E-state index is 10.7. The van der Waals surface area contributed by atoms with Crippen molar-refractivity contribution in [2.75, 3.05) is 0 Å². The highest BCUT2D eigenvalue weighted by Gasteiger charge is 2.08. The highest BCUT2D eigenvalue weighted by molar-refractivity contribution is 5.42. The molecule has 0 spiro atoms. The summed E-state index contributed by atoms with van der Waals surface area (Å²) in [7, 11) is 0. The SMILES string of the molecule is O=[N+]([O-])c1ccc(Oc2ccccc2Cc2ccccc2)cc1. The molecule has 4 nitrogen and oxygen atoms in total. The van der Waals surface area contributed by atoms with Gasteiger partial charge >= 0.3 is 0 Å². The lowest BCUT2D eigenvalue weighted by atomic mass is 10.0. The molecule has 0 aliphatic carbocycles. The molecule has 0 heterocycles. The van der Waals surface area contributed by atoms with Crippen molar-refractivity contribution < 1.29 is 9.66 Å². The minimum Gasteiger partial charge on any atom is -0.457 e. The third-order valence-corrected chi connectivity index (χ3v) is 3.49. The molecule has 23 heavy (non-hydrogen) atoms. The van der Waals surface area contributed by atoms with Crippen LogP contribution in [-0.2, 0) is 6.42 Å². The van der Waals surface area contributed by atoms with Crippen molar-refractivity contribution in [2.24, 2.45) is 0 Å². The van der Waals surface area contributed by atoms with E-state index in [0.717, 1.165) is 17.7 Å². The average molecular weight is 305 g/mol. The second-order valence-corrected chi connectivity index (χ2v) is 5.12. The molecule has 0 aliphatic heterocycles. The summed E-state index contributed by atoms with van der Waals surface area (Å²) < 4.78 is 5.89. The number of ether oxygens (including phenoxy) is 1. The van der Waals surface area contributed by atoms with Crippen LogP contribution in [0.1, 0.15) is 11.1 Å². The predicted molar refractivity (Wildman–Crippen MR) is 88.9 cm³/mol. The second-order valence-electron chi connectivity index (χ2n) is 5.12. The van der Waals surface area contributed by atoms with Crippen molar-refractivity contribution in [3.05, 3.63) is 100 Å². The van der Waals surface area contributed by atoms with Gasteiger partial charge in [0.15, 0.2) is 0 Å². The molecule has 114 valence electrons. The van der Waals surface area contributed by atoms with E-state index in [0.29, 0.717) is 5.75 Å². The highest BCUT2D eigenvalue weighted by Crippen LogP contribution is 2.28. The molecule has 0 fully saturated rings. The molecule has 0 atom stereocenters. The van der Waals surface area contributed by atoms with Crippen LogP contribution in [0.2, 0.25) is 0 Å². The summed E-state index contributed by atoms with van der Waals surface area (Å²) in [4.78, 5) is 10.3. The third-order valence-electron chi connectivity index (χ3n) is 3.49. The zero-order valence-electron chi connectivity index (χ0n) is 12.4. The van der Waals surface area contributed by atoms with Crippen molar-refractivity contribution in [3.8, 4) is 11.5 Å². The number of rotatable bonds is 5. The zero-order valence-corrected chi connectivity index (χ0v) is 12.4. The molecule has 0 saturated carbocycles. The first-order valence-corrected chi connectivity index (χ1v) is 7.26. The topological polar surface area (TPSA) is 52.4 Å². The largest absolute Gasteiger partial charge is 0.457 e. The number of nitrogens with zero attached hydrogens (tertiary/aromatic N) is 1. The van der Waals surface area contributed by atoms with Crippen LogP contribution < -0.4 is 4.74 Å². The Balaban J connectivity index is 1.81. The van der Waals surface area contributed by atoms with E-state index >= 15 is 0 Å². The Bertz CT molecular complexity index is 798. The summed E-state index contributed by atoms with van der Waals surface area (Å²) in [6.07, 6.45) is 0.768. The lowest BCUT2D eigenvalue weighted by molar-refractivity contribution is -0.384. The number of nitro groups is 1. The Morgan fingerprint density at radius 3 is 2.17 bits per heavy atom. The predicted octanol–water partition coefficient (Wildman–Crippen LogP) is 4.98. The Labute approximate surface area is 134 Å². The maximum atomic E-state index is 10.7. The van der Waals surface area contributed by atoms with Crippen molar-refractivity contribution in [3.63, 3.8) is 0 Å². The Morgan fingerprint density at radius 2 is 1.48 bits per heavy atom. The van der Waals surface area contributed by atoms with Crippen LogP contribution >= 0.6 is 0 Å². The fraction of sp³-hybridized carbons (Fsp3) is 0.0526. The van der Waals surface area contributed by atoms with Crippen molar-refractivity contribution in [1.29, 1.82) is 0 Å². The molecule has 3 rings (SSSR count). The van der Waals surface area contributed by atoms with Gasteiger partial charge in [-0.1, -0.05) is 48.5 Å². The van der Waals surface area contributed by atoms with Crippen molar-refractivity contribution in [2.45, 2.75) is 6.42 Å². The van der Waals surface area contributed by atoms with Gasteiger partial charge in [-0.05, 0) is 29.3 Å². The van der Waals surface area contributed by atoms with Gasteiger partial charge in [-0.2, -0.15) is 0 Å². The van der Waals surface area contributed by atoms with Gasteiger partial charge in [0.2, 0.25) is 0 Å². The standard InChI is InChI=1S/C19H15NO3/c21-20(22)17-10-12-18(13-11-17)23-19-9-5-4-8-16(19)14-15-6-2-1-3-7-15/h1-13H,14H2. The Hall–Kier alpha value is -3.14. The molecule has 0 aromatic heterocycles. The molecule has 0 saturated heterocycles. The first-order valence-electron chi connectivity index (χ1n) is 7.26. The first kappa shape index (κ1) is 14.8. The van der Waals surface area contributed by atoms with E-state index in [2.05, 4.69) is 12.1 Å². The molecular weight excluding hydrogens is 290 g/mol. The second kappa shape index (κ2) is 6.75. The average Bonchev–Trinajstić information content (AvgIpc) is 2.58. The monoisotopic (exact) mass is 305 g/mol. The molecule has 0 aliphatic rings. The third kappa shape index (κ3) is 3.74. The fourth-order valence-corrected chi connectivity index (χ4v) is 2.33. The van der Waals surface area contributed by atoms with Gasteiger partial charge < -0.3 is 4.74 Å². The number of non-ortho nitro benzene ring substituents is 1. The van der Waals surface area contributed by atoms with Gasteiger partial charge in [-0.3, -0.25) is 10.1 Å². The van der Waals surface area contributed by atoms with Crippen LogP contribution in [0.25, 0.3) is 0 Å². The molecule has 4 heteroatoms. The Kier molecular flexibility index (Phi) is 4.34. The van der Waals surface area contributed by atoms with E-state index in [-0.39, 0.29) is 5.69 Å². The summed E-state index contributed by atoms with van der Waals surface area (Å²) in [5, 5.41) is 10.7. The summed E-state index contributed by atoms with van der Waals surface area (Å²) in [6.45, 7) is 0. The summed E-state index contributed by atoms with van der Waals surface area (Å²) in [5.74, 6) is 1.33. The molecule has 0 amide bonds. The number of hydrogen-bond donors (Lipinski definition) is 0. The van der Waals surface area contributed by atoms with Gasteiger partial charge in [0.1, 0.15) is 11.5 Å². The normalized spacial score (nSPS) is 10.3. The summed E-state index contributed by atoms with van der Waals surface area (Å²) >= 11 is 0. The zero-order chi connectivity index (χ0) is 16.1. The van der Waals surface area contributed by atoms with E-state index in [9.17, 15) is 10.1 Å². The van der Waals surface area contributed by atoms with Gasteiger partial charge in [0, 0.05) is 18.6 Å². The van der Waals surface area contributed by atoms with Crippen LogP contribution in [0.3, 0.4) is 0 Å². The molecule has 0 radical (unpaired) electrons. The summed E-state index contributed by atoms with van der Waals surface area (Å²) in [6, 6.07) is 24.1. The van der Waals surface area contributed by atoms with Crippen molar-refractivity contribution >= 4 is 5.69 Å². The number of nitro benzene ring substituents is 1. The first-order chi connectivity index (χ1) is 11.2. The van der Waals surface area contributed by atoms with Gasteiger partial charge in [0.25, 0.3) is 5.69 Å². The molecule has 0 bridgehead atoms. The van der Waals surface area contributed by atoms with E-state index in [1.807, 2.05) is 42.5 Å². The van der Waals surface area contributed by atoms with E-state index in [1.165, 1.54) is 17.7 Å². The summed E-state index contributed by atoms with van der Waals surface area (Å²) in [5.41, 5.74) is 2.32. The maximum Gasteiger partial charge on any atom is 0.269 e. The van der Waals surface area contributed by atoms with Crippen LogP contribution in [0.4, 0.5) is 5.69 Å². The van der Waals surface area contributed by atoms with Gasteiger partial charge in [-0.15, -0.1) is 0 Å². The lowest BCUT2D eigenvalue weighted by Gasteiger charge is -2.11. The van der Waals surface area contributed by atoms with Gasteiger partial charge in [-0.25, -0.2) is 0 Å². The molecule has 3 aromatic carbocycles. The van der Waals surface area contributed by atoms with Crippen LogP contribution in [0, 0.1) is 10.1 Å². The van der Waals surface area contributed by atoms with E-state index in [1.54, 1.807) is 12.1 Å². The quantitative estimate of drug-likeness (QED) is 0.493. The minimum absolute atomic E-state index is 0.0509. The van der Waals surface area contributed by atoms with Crippen molar-refractivity contribution in [1.82, 2.24) is 0 Å². The van der Waals surface area contributed by atoms with Crippen LogP contribution in [-0.4, -0.2) is 4.92 Å². The number of para-hydroxylation sites is 1. The smallest absolute Gasteiger partial charge is 0.269 e. The number of hydrogen-bond acceptors (Lipinski definition) is 3. The number of benzene rings is 3. The van der Waals surface area contributed by atoms with Gasteiger partial charge in [0.05, 0.1) is 4.92 Å². The lowest BCUT2D eigenvalue weighted by Crippen LogP contribution is -1.94.